The fraction of sp³-hybridized carbons (Fsp3) is 0.758. The SMILES string of the molecule is COC(=O)[C@]12CCC(C)(C)C[C@H]1[C@H]1C(=O)C=C3[C@@]4(C)CC(C#N)=C(O)[C@](C)(C(=O)OC)[C@@H]4CC[C@@]3(C)[C@]1(C)CC2. The van der Waals surface area contributed by atoms with Gasteiger partial charge in [0.15, 0.2) is 5.78 Å². The molecule has 218 valence electrons. The summed E-state index contributed by atoms with van der Waals surface area (Å²) in [7, 11) is 2.77. The van der Waals surface area contributed by atoms with Crippen molar-refractivity contribution in [2.45, 2.75) is 92.9 Å². The van der Waals surface area contributed by atoms with E-state index in [2.05, 4.69) is 40.7 Å². The van der Waals surface area contributed by atoms with Crippen molar-refractivity contribution < 1.29 is 29.0 Å². The lowest BCUT2D eigenvalue weighted by atomic mass is 9.34. The summed E-state index contributed by atoms with van der Waals surface area (Å²) in [4.78, 5) is 41.2. The van der Waals surface area contributed by atoms with Crippen molar-refractivity contribution in [2.24, 2.45) is 50.2 Å². The number of allylic oxidation sites excluding steroid dienone is 3. The number of hydrogen-bond acceptors (Lipinski definition) is 7. The zero-order chi connectivity index (χ0) is 29.7. The lowest BCUT2D eigenvalue weighted by molar-refractivity contribution is -0.192. The third kappa shape index (κ3) is 3.31. The average molecular weight is 552 g/mol. The van der Waals surface area contributed by atoms with Crippen LogP contribution in [0.3, 0.4) is 0 Å². The van der Waals surface area contributed by atoms with Crippen LogP contribution in [0.2, 0.25) is 0 Å². The first kappa shape index (κ1) is 28.9. The number of ketones is 1. The van der Waals surface area contributed by atoms with E-state index in [0.717, 1.165) is 37.7 Å². The summed E-state index contributed by atoms with van der Waals surface area (Å²) in [5.74, 6) is -1.66. The van der Waals surface area contributed by atoms with Gasteiger partial charge >= 0.3 is 11.9 Å². The number of aliphatic hydroxyl groups excluding tert-OH is 1. The van der Waals surface area contributed by atoms with Crippen LogP contribution in [-0.4, -0.2) is 37.0 Å². The number of nitrogens with zero attached hydrogens (tertiary/aromatic N) is 1. The Morgan fingerprint density at radius 3 is 2.20 bits per heavy atom. The van der Waals surface area contributed by atoms with Gasteiger partial charge in [-0.1, -0.05) is 40.2 Å². The maximum absolute atomic E-state index is 14.5. The molecule has 0 amide bonds. The molecule has 7 heteroatoms. The molecule has 5 rings (SSSR count). The number of aliphatic hydroxyl groups is 1. The van der Waals surface area contributed by atoms with Crippen molar-refractivity contribution >= 4 is 17.7 Å². The molecule has 0 saturated heterocycles. The number of hydrogen-bond donors (Lipinski definition) is 1. The molecule has 1 N–H and O–H groups in total. The average Bonchev–Trinajstić information content (AvgIpc) is 2.90. The Morgan fingerprint density at radius 1 is 0.975 bits per heavy atom. The summed E-state index contributed by atoms with van der Waals surface area (Å²) in [6.45, 7) is 12.7. The van der Waals surface area contributed by atoms with Crippen LogP contribution >= 0.6 is 0 Å². The van der Waals surface area contributed by atoms with E-state index in [1.807, 2.05) is 6.08 Å². The van der Waals surface area contributed by atoms with Crippen LogP contribution in [-0.2, 0) is 23.9 Å². The molecule has 5 aliphatic rings. The molecule has 0 radical (unpaired) electrons. The largest absolute Gasteiger partial charge is 0.510 e. The molecule has 3 fully saturated rings. The Hall–Kier alpha value is -2.62. The minimum absolute atomic E-state index is 0.0188. The van der Waals surface area contributed by atoms with Gasteiger partial charge in [-0.25, -0.2) is 0 Å². The second-order valence-corrected chi connectivity index (χ2v) is 15.1. The standard InChI is InChI=1S/C33H45NO6/c1-28(2)11-13-33(27(38)40-8)14-12-31(5)24(20(33)17-28)21(35)15-23-29(3)16-19(18-34)25(36)32(6,26(37)39-7)22(29)9-10-30(23,31)4/h15,20,22,24,36H,9-14,16-17H2,1-8H3/t20-,22+,24-,29-,30+,31+,32+,33-/m0/s1. The first-order valence-electron chi connectivity index (χ1n) is 14.8. The van der Waals surface area contributed by atoms with Gasteiger partial charge in [-0.15, -0.1) is 0 Å². The van der Waals surface area contributed by atoms with E-state index in [4.69, 9.17) is 9.47 Å². The van der Waals surface area contributed by atoms with Gasteiger partial charge < -0.3 is 14.6 Å². The van der Waals surface area contributed by atoms with Gasteiger partial charge in [0.2, 0.25) is 0 Å². The van der Waals surface area contributed by atoms with Crippen LogP contribution in [0.15, 0.2) is 23.0 Å². The Morgan fingerprint density at radius 2 is 1.60 bits per heavy atom. The highest BCUT2D eigenvalue weighted by Crippen LogP contribution is 2.75. The Kier molecular flexibility index (Phi) is 6.28. The predicted molar refractivity (Wildman–Crippen MR) is 148 cm³/mol. The molecule has 0 aromatic carbocycles. The van der Waals surface area contributed by atoms with E-state index >= 15 is 0 Å². The zero-order valence-corrected chi connectivity index (χ0v) is 25.4. The van der Waals surface area contributed by atoms with Crippen LogP contribution in [0.5, 0.6) is 0 Å². The smallest absolute Gasteiger partial charge is 0.319 e. The second-order valence-electron chi connectivity index (χ2n) is 15.1. The molecule has 0 unspecified atom stereocenters. The van der Waals surface area contributed by atoms with E-state index in [9.17, 15) is 24.8 Å². The third-order valence-corrected chi connectivity index (χ3v) is 13.0. The topological polar surface area (TPSA) is 114 Å². The highest BCUT2D eigenvalue weighted by Gasteiger charge is 2.72. The molecule has 0 spiro atoms. The molecule has 3 saturated carbocycles. The summed E-state index contributed by atoms with van der Waals surface area (Å²) < 4.78 is 10.6. The van der Waals surface area contributed by atoms with Crippen molar-refractivity contribution in [2.75, 3.05) is 14.2 Å². The zero-order valence-electron chi connectivity index (χ0n) is 25.4. The monoisotopic (exact) mass is 551 g/mol. The molecular weight excluding hydrogens is 506 g/mol. The minimum atomic E-state index is -1.38. The molecule has 5 aliphatic carbocycles. The number of methoxy groups -OCH3 is 2. The number of carbonyl (C=O) groups excluding carboxylic acids is 3. The Balaban J connectivity index is 1.70. The van der Waals surface area contributed by atoms with E-state index < -0.39 is 27.6 Å². The molecule has 0 aliphatic heterocycles. The van der Waals surface area contributed by atoms with Gasteiger partial charge in [0.1, 0.15) is 11.2 Å². The van der Waals surface area contributed by atoms with E-state index in [0.29, 0.717) is 12.8 Å². The molecule has 0 bridgehead atoms. The number of fused-ring (bicyclic) bond motifs is 7. The number of nitriles is 1. The molecule has 0 aromatic rings. The van der Waals surface area contributed by atoms with Gasteiger partial charge in [-0.2, -0.15) is 5.26 Å². The van der Waals surface area contributed by atoms with Crippen molar-refractivity contribution in [1.82, 2.24) is 0 Å². The quantitative estimate of drug-likeness (QED) is 0.404. The molecular formula is C33H45NO6. The van der Waals surface area contributed by atoms with Crippen LogP contribution in [0.1, 0.15) is 92.9 Å². The number of rotatable bonds is 2. The highest BCUT2D eigenvalue weighted by atomic mass is 16.5. The molecule has 7 nitrogen and oxygen atoms in total. The minimum Gasteiger partial charge on any atom is -0.510 e. The maximum Gasteiger partial charge on any atom is 0.319 e. The van der Waals surface area contributed by atoms with E-state index in [-0.39, 0.29) is 58.1 Å². The first-order valence-corrected chi connectivity index (χ1v) is 14.8. The summed E-state index contributed by atoms with van der Waals surface area (Å²) in [5, 5.41) is 21.2. The molecule has 0 aromatic heterocycles. The van der Waals surface area contributed by atoms with Crippen molar-refractivity contribution in [3.05, 3.63) is 23.0 Å². The molecule has 40 heavy (non-hydrogen) atoms. The van der Waals surface area contributed by atoms with Crippen molar-refractivity contribution in [3.63, 3.8) is 0 Å². The highest BCUT2D eigenvalue weighted by molar-refractivity contribution is 5.96. The maximum atomic E-state index is 14.5. The summed E-state index contributed by atoms with van der Waals surface area (Å²) in [5.41, 5.74) is -2.33. The van der Waals surface area contributed by atoms with E-state index in [1.165, 1.54) is 14.2 Å². The fourth-order valence-electron chi connectivity index (χ4n) is 10.6. The van der Waals surface area contributed by atoms with Crippen LogP contribution in [0, 0.1) is 61.6 Å². The lowest BCUT2D eigenvalue weighted by Crippen LogP contribution is -2.66. The van der Waals surface area contributed by atoms with Crippen LogP contribution in [0.4, 0.5) is 0 Å². The van der Waals surface area contributed by atoms with Crippen molar-refractivity contribution in [3.8, 4) is 6.07 Å². The predicted octanol–water partition coefficient (Wildman–Crippen LogP) is 6.24. The fourth-order valence-corrected chi connectivity index (χ4v) is 10.6. The third-order valence-electron chi connectivity index (χ3n) is 13.0. The number of carbonyl (C=O) groups is 3. The van der Waals surface area contributed by atoms with Gasteiger partial charge in [-0.05, 0) is 97.9 Å². The molecule has 8 atom stereocenters. The number of esters is 2. The van der Waals surface area contributed by atoms with Crippen LogP contribution in [0.25, 0.3) is 0 Å². The van der Waals surface area contributed by atoms with Crippen molar-refractivity contribution in [1.29, 1.82) is 5.26 Å². The summed E-state index contributed by atoms with van der Waals surface area (Å²) in [6.07, 6.45) is 7.34. The van der Waals surface area contributed by atoms with Gasteiger partial charge in [-0.3, -0.25) is 14.4 Å². The van der Waals surface area contributed by atoms with Crippen LogP contribution < -0.4 is 0 Å². The normalized spacial score (nSPS) is 45.5. The summed E-state index contributed by atoms with van der Waals surface area (Å²) >= 11 is 0. The Labute approximate surface area is 238 Å². The van der Waals surface area contributed by atoms with Gasteiger partial charge in [0.05, 0.1) is 31.3 Å². The Bertz CT molecular complexity index is 1290. The van der Waals surface area contributed by atoms with Gasteiger partial charge in [0, 0.05) is 5.92 Å². The number of ether oxygens (including phenoxy) is 2. The van der Waals surface area contributed by atoms with E-state index in [1.54, 1.807) is 6.92 Å². The summed E-state index contributed by atoms with van der Waals surface area (Å²) in [6, 6.07) is 2.16. The molecule has 0 heterocycles. The lowest BCUT2D eigenvalue weighted by Gasteiger charge is -2.69. The first-order chi connectivity index (χ1) is 18.5. The van der Waals surface area contributed by atoms with Gasteiger partial charge in [0.25, 0.3) is 0 Å². The second kappa shape index (κ2) is 8.69.